The van der Waals surface area contributed by atoms with Crippen molar-refractivity contribution < 1.29 is 0 Å². The molecule has 0 atom stereocenters. The molecule has 8 heteroatoms. The van der Waals surface area contributed by atoms with Crippen molar-refractivity contribution in [1.29, 1.82) is 0 Å². The van der Waals surface area contributed by atoms with Crippen LogP contribution in [0.15, 0.2) is 51.1 Å². The topological polar surface area (TPSA) is 72.7 Å². The number of hydrogen-bond acceptors (Lipinski definition) is 4. The van der Waals surface area contributed by atoms with Crippen molar-refractivity contribution in [1.82, 2.24) is 19.1 Å². The third-order valence-electron chi connectivity index (χ3n) is 4.73. The molecule has 4 aromatic rings. The van der Waals surface area contributed by atoms with E-state index in [2.05, 4.69) is 9.97 Å². The molecule has 1 N–H and O–H groups in total. The lowest BCUT2D eigenvalue weighted by molar-refractivity contribution is 0.683. The molecule has 0 saturated heterocycles. The molecule has 0 saturated carbocycles. The average molecular weight is 415 g/mol. The second-order valence-corrected chi connectivity index (χ2v) is 7.81. The number of H-pyrrole nitrogens is 1. The Kier molecular flexibility index (Phi) is 5.03. The summed E-state index contributed by atoms with van der Waals surface area (Å²) in [5.41, 5.74) is 3.24. The van der Waals surface area contributed by atoms with Crippen molar-refractivity contribution in [2.24, 2.45) is 0 Å². The number of aryl methyl sites for hydroxylation is 2. The Balaban J connectivity index is 1.79. The first-order valence-electron chi connectivity index (χ1n) is 9.06. The van der Waals surface area contributed by atoms with Crippen molar-refractivity contribution in [3.63, 3.8) is 0 Å². The highest BCUT2D eigenvalue weighted by molar-refractivity contribution is 7.98. The summed E-state index contributed by atoms with van der Waals surface area (Å²) in [6.45, 7) is 4.59. The number of fused-ring (bicyclic) bond motifs is 2. The average Bonchev–Trinajstić information content (AvgIpc) is 3.09. The van der Waals surface area contributed by atoms with Crippen LogP contribution in [-0.4, -0.2) is 19.1 Å². The van der Waals surface area contributed by atoms with Crippen LogP contribution in [0.4, 0.5) is 0 Å². The van der Waals surface area contributed by atoms with E-state index < -0.39 is 11.1 Å². The highest BCUT2D eigenvalue weighted by atomic mass is 35.5. The Morgan fingerprint density at radius 3 is 2.21 bits per heavy atom. The zero-order chi connectivity index (χ0) is 19.8. The third kappa shape index (κ3) is 3.25. The fourth-order valence-electron chi connectivity index (χ4n) is 3.32. The monoisotopic (exact) mass is 414 g/mol. The number of hydrogen-bond donors (Lipinski definition) is 1. The minimum atomic E-state index is -0.496. The van der Waals surface area contributed by atoms with Crippen molar-refractivity contribution in [3.05, 3.63) is 67.7 Å². The van der Waals surface area contributed by atoms with Gasteiger partial charge in [-0.1, -0.05) is 35.5 Å². The molecule has 6 nitrogen and oxygen atoms in total. The van der Waals surface area contributed by atoms with Gasteiger partial charge in [-0.25, -0.2) is 4.98 Å². The summed E-state index contributed by atoms with van der Waals surface area (Å²) in [5.74, 6) is 0.760. The molecule has 0 unspecified atom stereocenters. The van der Waals surface area contributed by atoms with Crippen LogP contribution in [0.5, 0.6) is 0 Å². The molecule has 0 bridgehead atoms. The van der Waals surface area contributed by atoms with Gasteiger partial charge in [0.2, 0.25) is 0 Å². The molecule has 0 aliphatic rings. The van der Waals surface area contributed by atoms with E-state index in [1.165, 1.54) is 9.13 Å². The smallest absolute Gasteiger partial charge is 0.316 e. The van der Waals surface area contributed by atoms with E-state index >= 15 is 0 Å². The van der Waals surface area contributed by atoms with E-state index in [-0.39, 0.29) is 0 Å². The maximum Gasteiger partial charge on any atom is 0.316 e. The van der Waals surface area contributed by atoms with E-state index in [4.69, 9.17) is 11.6 Å². The molecule has 0 radical (unpaired) electrons. The van der Waals surface area contributed by atoms with E-state index in [1.54, 1.807) is 11.8 Å². The first-order valence-corrected chi connectivity index (χ1v) is 10.4. The predicted octanol–water partition coefficient (Wildman–Crippen LogP) is 4.03. The van der Waals surface area contributed by atoms with E-state index in [0.29, 0.717) is 18.1 Å². The predicted molar refractivity (Wildman–Crippen MR) is 114 cm³/mol. The molecular weight excluding hydrogens is 396 g/mol. The van der Waals surface area contributed by atoms with Crippen LogP contribution in [0.25, 0.3) is 22.1 Å². The van der Waals surface area contributed by atoms with Gasteiger partial charge in [0, 0.05) is 23.9 Å². The Hall–Kier alpha value is -2.51. The SMILES string of the molecule is CCn1c(=O)c(=O)n(CC)c2cc3[nH]c(SCc4ccc(Cl)cc4)nc3cc21. The second-order valence-electron chi connectivity index (χ2n) is 6.41. The fraction of sp³-hybridized carbons (Fsp3) is 0.250. The lowest BCUT2D eigenvalue weighted by Crippen LogP contribution is -2.41. The molecule has 0 fully saturated rings. The Morgan fingerprint density at radius 1 is 1.00 bits per heavy atom. The van der Waals surface area contributed by atoms with E-state index in [1.807, 2.05) is 50.2 Å². The molecule has 0 aliphatic carbocycles. The molecule has 0 aliphatic heterocycles. The number of aromatic nitrogens is 4. The van der Waals surface area contributed by atoms with Crippen molar-refractivity contribution >= 4 is 45.4 Å². The van der Waals surface area contributed by atoms with Crippen molar-refractivity contribution in [2.45, 2.75) is 37.8 Å². The summed E-state index contributed by atoms with van der Waals surface area (Å²) in [5, 5.41) is 1.50. The molecule has 4 rings (SSSR count). The van der Waals surface area contributed by atoms with Crippen molar-refractivity contribution in [2.75, 3.05) is 0 Å². The molecule has 2 heterocycles. The van der Waals surface area contributed by atoms with Crippen molar-refractivity contribution in [3.8, 4) is 0 Å². The van der Waals surface area contributed by atoms with Gasteiger partial charge in [0.05, 0.1) is 22.1 Å². The minimum Gasteiger partial charge on any atom is -0.333 e. The van der Waals surface area contributed by atoms with Gasteiger partial charge < -0.3 is 14.1 Å². The van der Waals surface area contributed by atoms with Crippen LogP contribution in [0.3, 0.4) is 0 Å². The number of thioether (sulfide) groups is 1. The van der Waals surface area contributed by atoms with Gasteiger partial charge in [-0.3, -0.25) is 9.59 Å². The summed E-state index contributed by atoms with van der Waals surface area (Å²) in [7, 11) is 0. The van der Waals surface area contributed by atoms with Gasteiger partial charge in [0.15, 0.2) is 5.16 Å². The number of nitrogens with zero attached hydrogens (tertiary/aromatic N) is 3. The van der Waals surface area contributed by atoms with Crippen LogP contribution in [-0.2, 0) is 18.8 Å². The maximum atomic E-state index is 12.4. The number of aromatic amines is 1. The molecule has 0 amide bonds. The van der Waals surface area contributed by atoms with Crippen LogP contribution < -0.4 is 11.1 Å². The van der Waals surface area contributed by atoms with Crippen LogP contribution in [0.2, 0.25) is 5.02 Å². The Labute approximate surface area is 170 Å². The highest BCUT2D eigenvalue weighted by Crippen LogP contribution is 2.26. The van der Waals surface area contributed by atoms with E-state index in [0.717, 1.165) is 38.5 Å². The van der Waals surface area contributed by atoms with Crippen LogP contribution >= 0.6 is 23.4 Å². The Morgan fingerprint density at radius 2 is 1.61 bits per heavy atom. The van der Waals surface area contributed by atoms with Gasteiger partial charge in [-0.2, -0.15) is 0 Å². The van der Waals surface area contributed by atoms with Gasteiger partial charge >= 0.3 is 11.1 Å². The number of halogens is 1. The van der Waals surface area contributed by atoms with Gasteiger partial charge in [0.25, 0.3) is 0 Å². The molecule has 28 heavy (non-hydrogen) atoms. The normalized spacial score (nSPS) is 11.5. The lowest BCUT2D eigenvalue weighted by Gasteiger charge is -2.12. The molecule has 0 spiro atoms. The van der Waals surface area contributed by atoms with Gasteiger partial charge in [-0.15, -0.1) is 0 Å². The summed E-state index contributed by atoms with van der Waals surface area (Å²) in [4.78, 5) is 32.8. The standard InChI is InChI=1S/C20H19ClN4O2S/c1-3-24-16-9-14-15(10-17(16)25(4-2)19(27)18(24)26)23-20(22-14)28-11-12-5-7-13(21)8-6-12/h5-10H,3-4,11H2,1-2H3,(H,22,23). The maximum absolute atomic E-state index is 12.4. The zero-order valence-corrected chi connectivity index (χ0v) is 17.1. The first-order chi connectivity index (χ1) is 13.5. The third-order valence-corrected chi connectivity index (χ3v) is 5.93. The van der Waals surface area contributed by atoms with Crippen LogP contribution in [0.1, 0.15) is 19.4 Å². The summed E-state index contributed by atoms with van der Waals surface area (Å²) < 4.78 is 3.03. The molecule has 144 valence electrons. The number of nitrogens with one attached hydrogen (secondary N) is 1. The molecular formula is C20H19ClN4O2S. The quantitative estimate of drug-likeness (QED) is 0.395. The minimum absolute atomic E-state index is 0.434. The Bertz CT molecular complexity index is 1210. The van der Waals surface area contributed by atoms with Gasteiger partial charge in [-0.05, 0) is 43.7 Å². The first kappa shape index (κ1) is 18.8. The summed E-state index contributed by atoms with van der Waals surface area (Å²) in [6, 6.07) is 11.5. The largest absolute Gasteiger partial charge is 0.333 e. The molecule has 2 aromatic heterocycles. The summed E-state index contributed by atoms with van der Waals surface area (Å²) >= 11 is 7.52. The van der Waals surface area contributed by atoms with E-state index in [9.17, 15) is 9.59 Å². The summed E-state index contributed by atoms with van der Waals surface area (Å²) in [6.07, 6.45) is 0. The molecule has 2 aromatic carbocycles. The number of benzene rings is 2. The van der Waals surface area contributed by atoms with Crippen LogP contribution in [0, 0.1) is 0 Å². The lowest BCUT2D eigenvalue weighted by atomic mass is 10.2. The number of imidazole rings is 1. The second kappa shape index (κ2) is 7.48. The number of rotatable bonds is 5. The van der Waals surface area contributed by atoms with Gasteiger partial charge in [0.1, 0.15) is 0 Å². The zero-order valence-electron chi connectivity index (χ0n) is 15.5. The highest BCUT2D eigenvalue weighted by Gasteiger charge is 2.14. The fourth-order valence-corrected chi connectivity index (χ4v) is 4.29.